The van der Waals surface area contributed by atoms with Crippen molar-refractivity contribution in [2.24, 2.45) is 5.92 Å². The summed E-state index contributed by atoms with van der Waals surface area (Å²) in [5.74, 6) is 0.886. The summed E-state index contributed by atoms with van der Waals surface area (Å²) in [6.45, 7) is 3.19. The second kappa shape index (κ2) is 8.60. The molecule has 1 saturated heterocycles. The molecule has 1 N–H and O–H groups in total. The highest BCUT2D eigenvalue weighted by Gasteiger charge is 2.20. The van der Waals surface area contributed by atoms with Gasteiger partial charge in [0.25, 0.3) is 0 Å². The largest absolute Gasteiger partial charge is 0.356 e. The zero-order valence-corrected chi connectivity index (χ0v) is 10.8. The quantitative estimate of drug-likeness (QED) is 0.596. The molecule has 94 valence electrons. The number of rotatable bonds is 9. The van der Waals surface area contributed by atoms with Crippen LogP contribution in [0, 0.1) is 5.92 Å². The van der Waals surface area contributed by atoms with E-state index >= 15 is 0 Å². The molecule has 2 heteroatoms. The van der Waals surface area contributed by atoms with E-state index in [4.69, 9.17) is 0 Å². The van der Waals surface area contributed by atoms with E-state index in [2.05, 4.69) is 12.2 Å². The molecule has 0 spiro atoms. The summed E-state index contributed by atoms with van der Waals surface area (Å²) < 4.78 is 0. The van der Waals surface area contributed by atoms with Crippen LogP contribution in [0.2, 0.25) is 0 Å². The van der Waals surface area contributed by atoms with Gasteiger partial charge in [0.2, 0.25) is 5.91 Å². The summed E-state index contributed by atoms with van der Waals surface area (Å²) >= 11 is 0. The summed E-state index contributed by atoms with van der Waals surface area (Å²) in [5, 5.41) is 2.91. The molecule has 1 fully saturated rings. The second-order valence-electron chi connectivity index (χ2n) is 5.14. The number of unbranched alkanes of at least 4 members (excludes halogenated alkanes) is 7. The predicted molar refractivity (Wildman–Crippen MR) is 68.3 cm³/mol. The first kappa shape index (κ1) is 13.5. The van der Waals surface area contributed by atoms with Crippen LogP contribution in [0.5, 0.6) is 0 Å². The SMILES string of the molecule is CCCCCCCCCCC1CNC(=O)C1. The second-order valence-corrected chi connectivity index (χ2v) is 5.14. The molecule has 0 aliphatic carbocycles. The molecule has 1 atom stereocenters. The van der Waals surface area contributed by atoms with E-state index < -0.39 is 0 Å². The van der Waals surface area contributed by atoms with Crippen LogP contribution in [0.3, 0.4) is 0 Å². The number of amides is 1. The molecule has 2 nitrogen and oxygen atoms in total. The monoisotopic (exact) mass is 225 g/mol. The van der Waals surface area contributed by atoms with Crippen LogP contribution in [0.15, 0.2) is 0 Å². The molecule has 0 aromatic rings. The van der Waals surface area contributed by atoms with Gasteiger partial charge in [-0.2, -0.15) is 0 Å². The minimum atomic E-state index is 0.254. The van der Waals surface area contributed by atoms with Gasteiger partial charge in [-0.3, -0.25) is 4.79 Å². The van der Waals surface area contributed by atoms with Gasteiger partial charge in [0.05, 0.1) is 0 Å². The van der Waals surface area contributed by atoms with E-state index in [0.29, 0.717) is 5.92 Å². The van der Waals surface area contributed by atoms with E-state index in [1.807, 2.05) is 0 Å². The number of nitrogens with one attached hydrogen (secondary N) is 1. The fraction of sp³-hybridized carbons (Fsp3) is 0.929. The maximum Gasteiger partial charge on any atom is 0.220 e. The molecule has 1 rings (SSSR count). The summed E-state index contributed by atoms with van der Waals surface area (Å²) in [6.07, 6.45) is 13.0. The molecule has 16 heavy (non-hydrogen) atoms. The third-order valence-corrected chi connectivity index (χ3v) is 3.53. The third-order valence-electron chi connectivity index (χ3n) is 3.53. The van der Waals surface area contributed by atoms with Crippen LogP contribution in [-0.2, 0) is 4.79 Å². The summed E-state index contributed by atoms with van der Waals surface area (Å²) in [5.41, 5.74) is 0. The van der Waals surface area contributed by atoms with E-state index in [-0.39, 0.29) is 5.91 Å². The van der Waals surface area contributed by atoms with Crippen LogP contribution in [0.4, 0.5) is 0 Å². The standard InChI is InChI=1S/C14H27NO/c1-2-3-4-5-6-7-8-9-10-13-11-14(16)15-12-13/h13H,2-12H2,1H3,(H,15,16). The molecule has 1 amide bonds. The Morgan fingerprint density at radius 3 is 2.25 bits per heavy atom. The maximum atomic E-state index is 11.0. The Morgan fingerprint density at radius 1 is 1.06 bits per heavy atom. The molecule has 1 heterocycles. The van der Waals surface area contributed by atoms with Gasteiger partial charge in [0.15, 0.2) is 0 Å². The van der Waals surface area contributed by atoms with E-state index in [1.165, 1.54) is 57.8 Å². The fourth-order valence-corrected chi connectivity index (χ4v) is 2.44. The zero-order valence-electron chi connectivity index (χ0n) is 10.8. The lowest BCUT2D eigenvalue weighted by Crippen LogP contribution is -2.13. The van der Waals surface area contributed by atoms with Crippen molar-refractivity contribution in [2.75, 3.05) is 6.54 Å². The Labute approximate surface area is 100 Å². The first-order valence-corrected chi connectivity index (χ1v) is 7.09. The summed E-state index contributed by atoms with van der Waals surface area (Å²) in [7, 11) is 0. The van der Waals surface area contributed by atoms with Gasteiger partial charge in [-0.1, -0.05) is 58.3 Å². The number of carbonyl (C=O) groups is 1. The number of hydrogen-bond acceptors (Lipinski definition) is 1. The van der Waals surface area contributed by atoms with Gasteiger partial charge >= 0.3 is 0 Å². The molecule has 1 aliphatic rings. The average Bonchev–Trinajstić information content (AvgIpc) is 2.68. The Hall–Kier alpha value is -0.530. The molecule has 0 bridgehead atoms. The third kappa shape index (κ3) is 6.14. The maximum absolute atomic E-state index is 11.0. The molecule has 0 radical (unpaired) electrons. The lowest BCUT2D eigenvalue weighted by atomic mass is 9.99. The highest BCUT2D eigenvalue weighted by atomic mass is 16.1. The van der Waals surface area contributed by atoms with Crippen molar-refractivity contribution < 1.29 is 4.79 Å². The van der Waals surface area contributed by atoms with Crippen LogP contribution >= 0.6 is 0 Å². The zero-order chi connectivity index (χ0) is 11.6. The van der Waals surface area contributed by atoms with Gasteiger partial charge in [-0.05, 0) is 12.3 Å². The molecular formula is C14H27NO. The van der Waals surface area contributed by atoms with Crippen molar-refractivity contribution in [3.05, 3.63) is 0 Å². The molecular weight excluding hydrogens is 198 g/mol. The lowest BCUT2D eigenvalue weighted by molar-refractivity contribution is -0.119. The van der Waals surface area contributed by atoms with E-state index in [0.717, 1.165) is 13.0 Å². The Bertz CT molecular complexity index is 191. The predicted octanol–water partition coefficient (Wildman–Crippen LogP) is 3.65. The molecule has 1 unspecified atom stereocenters. The first-order chi connectivity index (χ1) is 7.83. The number of hydrogen-bond donors (Lipinski definition) is 1. The highest BCUT2D eigenvalue weighted by Crippen LogP contribution is 2.18. The highest BCUT2D eigenvalue weighted by molar-refractivity contribution is 5.78. The lowest BCUT2D eigenvalue weighted by Gasteiger charge is -2.06. The molecule has 1 aliphatic heterocycles. The van der Waals surface area contributed by atoms with Crippen LogP contribution in [0.25, 0.3) is 0 Å². The summed E-state index contributed by atoms with van der Waals surface area (Å²) in [4.78, 5) is 11.0. The van der Waals surface area contributed by atoms with Gasteiger partial charge in [0, 0.05) is 13.0 Å². The van der Waals surface area contributed by atoms with Crippen molar-refractivity contribution in [3.63, 3.8) is 0 Å². The van der Waals surface area contributed by atoms with Crippen molar-refractivity contribution in [3.8, 4) is 0 Å². The molecule has 0 aromatic carbocycles. The first-order valence-electron chi connectivity index (χ1n) is 7.09. The van der Waals surface area contributed by atoms with Crippen LogP contribution in [0.1, 0.15) is 71.1 Å². The van der Waals surface area contributed by atoms with Gasteiger partial charge < -0.3 is 5.32 Å². The van der Waals surface area contributed by atoms with Crippen molar-refractivity contribution in [1.82, 2.24) is 5.32 Å². The molecule has 0 saturated carbocycles. The fourth-order valence-electron chi connectivity index (χ4n) is 2.44. The normalized spacial score (nSPS) is 20.1. The van der Waals surface area contributed by atoms with Crippen molar-refractivity contribution >= 4 is 5.91 Å². The van der Waals surface area contributed by atoms with Gasteiger partial charge in [-0.25, -0.2) is 0 Å². The minimum Gasteiger partial charge on any atom is -0.356 e. The Morgan fingerprint density at radius 2 is 1.69 bits per heavy atom. The van der Waals surface area contributed by atoms with Gasteiger partial charge in [-0.15, -0.1) is 0 Å². The van der Waals surface area contributed by atoms with Crippen molar-refractivity contribution in [2.45, 2.75) is 71.1 Å². The Kier molecular flexibility index (Phi) is 7.28. The summed E-state index contributed by atoms with van der Waals surface area (Å²) in [6, 6.07) is 0. The van der Waals surface area contributed by atoms with Crippen LogP contribution < -0.4 is 5.32 Å². The van der Waals surface area contributed by atoms with E-state index in [9.17, 15) is 4.79 Å². The minimum absolute atomic E-state index is 0.254. The van der Waals surface area contributed by atoms with Crippen LogP contribution in [-0.4, -0.2) is 12.5 Å². The topological polar surface area (TPSA) is 29.1 Å². The van der Waals surface area contributed by atoms with Gasteiger partial charge in [0.1, 0.15) is 0 Å². The molecule has 0 aromatic heterocycles. The average molecular weight is 225 g/mol. The van der Waals surface area contributed by atoms with Crippen molar-refractivity contribution in [1.29, 1.82) is 0 Å². The smallest absolute Gasteiger partial charge is 0.220 e. The Balaban J connectivity index is 1.79. The number of carbonyl (C=O) groups excluding carboxylic acids is 1. The van der Waals surface area contributed by atoms with E-state index in [1.54, 1.807) is 0 Å².